The molecule has 0 bridgehead atoms. The molecule has 1 heterocycles. The summed E-state index contributed by atoms with van der Waals surface area (Å²) >= 11 is 0. The predicted molar refractivity (Wildman–Crippen MR) is 62.5 cm³/mol. The fourth-order valence-electron chi connectivity index (χ4n) is 1.23. The number of carboxylic acids is 1. The van der Waals surface area contributed by atoms with Gasteiger partial charge in [0.1, 0.15) is 4.90 Å². The zero-order chi connectivity index (χ0) is 13.6. The second kappa shape index (κ2) is 6.43. The highest BCUT2D eigenvalue weighted by Gasteiger charge is 2.18. The number of aliphatic carboxylic acids is 1. The van der Waals surface area contributed by atoms with Crippen LogP contribution in [0.25, 0.3) is 0 Å². The second-order valence-corrected chi connectivity index (χ2v) is 5.26. The Hall–Kier alpha value is -1.51. The minimum absolute atomic E-state index is 0.0233. The average Bonchev–Trinajstić information content (AvgIpc) is 2.35. The van der Waals surface area contributed by atoms with Crippen molar-refractivity contribution in [1.82, 2.24) is 9.71 Å². The number of rotatable bonds is 7. The highest BCUT2D eigenvalue weighted by molar-refractivity contribution is 7.89. The Morgan fingerprint density at radius 3 is 2.83 bits per heavy atom. The smallest absolute Gasteiger partial charge is 0.306 e. The molecule has 1 rings (SSSR count). The van der Waals surface area contributed by atoms with Crippen LogP contribution in [0.1, 0.15) is 6.42 Å². The third-order valence-electron chi connectivity index (χ3n) is 2.18. The molecule has 0 aromatic carbocycles. The second-order valence-electron chi connectivity index (χ2n) is 3.50. The van der Waals surface area contributed by atoms with Gasteiger partial charge < -0.3 is 9.84 Å². The van der Waals surface area contributed by atoms with Gasteiger partial charge in [-0.05, 0) is 12.1 Å². The molecular formula is C10H14N2O5S. The van der Waals surface area contributed by atoms with E-state index in [1.165, 1.54) is 31.6 Å². The number of ether oxygens (including phenoxy) is 1. The van der Waals surface area contributed by atoms with E-state index in [0.717, 1.165) is 0 Å². The van der Waals surface area contributed by atoms with Crippen molar-refractivity contribution in [3.63, 3.8) is 0 Å². The van der Waals surface area contributed by atoms with E-state index < -0.39 is 22.1 Å². The average molecular weight is 274 g/mol. The lowest BCUT2D eigenvalue weighted by atomic mass is 10.2. The molecule has 0 fully saturated rings. The van der Waals surface area contributed by atoms with E-state index in [0.29, 0.717) is 0 Å². The van der Waals surface area contributed by atoms with Crippen molar-refractivity contribution >= 4 is 16.0 Å². The van der Waals surface area contributed by atoms with Gasteiger partial charge in [-0.2, -0.15) is 0 Å². The van der Waals surface area contributed by atoms with Crippen molar-refractivity contribution in [3.05, 3.63) is 24.5 Å². The number of nitrogens with zero attached hydrogens (tertiary/aromatic N) is 1. The van der Waals surface area contributed by atoms with Crippen LogP contribution in [0.5, 0.6) is 0 Å². The Labute approximate surface area is 105 Å². The number of methoxy groups -OCH3 is 1. The molecule has 1 atom stereocenters. The van der Waals surface area contributed by atoms with Gasteiger partial charge in [0.05, 0.1) is 12.5 Å². The normalized spacial score (nSPS) is 13.2. The molecule has 1 aromatic heterocycles. The lowest BCUT2D eigenvalue weighted by Crippen LogP contribution is -2.34. The molecule has 0 saturated heterocycles. The molecule has 0 aliphatic heterocycles. The predicted octanol–water partition coefficient (Wildman–Crippen LogP) is -0.150. The summed E-state index contributed by atoms with van der Waals surface area (Å²) in [7, 11) is -2.36. The Balaban J connectivity index is 2.64. The Bertz CT molecular complexity index is 488. The largest absolute Gasteiger partial charge is 0.481 e. The lowest BCUT2D eigenvalue weighted by Gasteiger charge is -2.13. The first-order valence-corrected chi connectivity index (χ1v) is 6.58. The van der Waals surface area contributed by atoms with E-state index >= 15 is 0 Å². The van der Waals surface area contributed by atoms with E-state index in [4.69, 9.17) is 9.84 Å². The summed E-state index contributed by atoms with van der Waals surface area (Å²) in [6.45, 7) is -0.111. The molecule has 8 heteroatoms. The van der Waals surface area contributed by atoms with Crippen LogP contribution in [0.2, 0.25) is 0 Å². The standard InChI is InChI=1S/C10H14N2O5S/c1-17-8(5-10(13)14)6-12-18(15,16)9-3-2-4-11-7-9/h2-4,7-8,12H,5-6H2,1H3,(H,13,14). The van der Waals surface area contributed by atoms with Crippen molar-refractivity contribution in [2.24, 2.45) is 0 Å². The fourth-order valence-corrected chi connectivity index (χ4v) is 2.25. The maximum atomic E-state index is 11.8. The van der Waals surface area contributed by atoms with Crippen LogP contribution in [0, 0.1) is 0 Å². The number of sulfonamides is 1. The maximum Gasteiger partial charge on any atom is 0.306 e. The van der Waals surface area contributed by atoms with Gasteiger partial charge in [-0.1, -0.05) is 0 Å². The SMILES string of the molecule is COC(CNS(=O)(=O)c1cccnc1)CC(=O)O. The molecule has 0 amide bonds. The first kappa shape index (κ1) is 14.6. The zero-order valence-electron chi connectivity index (χ0n) is 9.74. The highest BCUT2D eigenvalue weighted by atomic mass is 32.2. The van der Waals surface area contributed by atoms with Gasteiger partial charge in [0, 0.05) is 26.0 Å². The van der Waals surface area contributed by atoms with Crippen LogP contribution in [-0.4, -0.2) is 44.2 Å². The molecule has 7 nitrogen and oxygen atoms in total. The molecule has 1 aromatic rings. The molecule has 0 aliphatic carbocycles. The number of carboxylic acid groups (broad SMARTS) is 1. The molecule has 0 radical (unpaired) electrons. The minimum Gasteiger partial charge on any atom is -0.481 e. The highest BCUT2D eigenvalue weighted by Crippen LogP contribution is 2.06. The van der Waals surface area contributed by atoms with E-state index in [2.05, 4.69) is 9.71 Å². The van der Waals surface area contributed by atoms with Gasteiger partial charge in [0.2, 0.25) is 10.0 Å². The summed E-state index contributed by atoms with van der Waals surface area (Å²) in [6, 6.07) is 2.90. The minimum atomic E-state index is -3.69. The van der Waals surface area contributed by atoms with E-state index in [1.54, 1.807) is 0 Å². The van der Waals surface area contributed by atoms with Gasteiger partial charge >= 0.3 is 5.97 Å². The van der Waals surface area contributed by atoms with E-state index in [1.807, 2.05) is 0 Å². The summed E-state index contributed by atoms with van der Waals surface area (Å²) in [6.07, 6.45) is 1.68. The van der Waals surface area contributed by atoms with Gasteiger partial charge in [0.15, 0.2) is 0 Å². The molecule has 0 aliphatic rings. The Morgan fingerprint density at radius 1 is 1.61 bits per heavy atom. The summed E-state index contributed by atoms with van der Waals surface area (Å²) in [4.78, 5) is 14.2. The first-order valence-electron chi connectivity index (χ1n) is 5.10. The van der Waals surface area contributed by atoms with Crippen molar-refractivity contribution in [3.8, 4) is 0 Å². The van der Waals surface area contributed by atoms with Crippen LogP contribution in [0.4, 0.5) is 0 Å². The van der Waals surface area contributed by atoms with Gasteiger partial charge in [0.25, 0.3) is 0 Å². The summed E-state index contributed by atoms with van der Waals surface area (Å²) in [5, 5.41) is 8.59. The number of aromatic nitrogens is 1. The summed E-state index contributed by atoms with van der Waals surface area (Å²) in [5.74, 6) is -1.05. The van der Waals surface area contributed by atoms with Gasteiger partial charge in [-0.25, -0.2) is 13.1 Å². The van der Waals surface area contributed by atoms with E-state index in [-0.39, 0.29) is 17.9 Å². The number of pyridine rings is 1. The van der Waals surface area contributed by atoms with Crippen molar-refractivity contribution in [2.45, 2.75) is 17.4 Å². The first-order chi connectivity index (χ1) is 8.45. The number of carbonyl (C=O) groups is 1. The molecular weight excluding hydrogens is 260 g/mol. The maximum absolute atomic E-state index is 11.8. The molecule has 100 valence electrons. The summed E-state index contributed by atoms with van der Waals surface area (Å²) < 4.78 is 30.7. The summed E-state index contributed by atoms with van der Waals surface area (Å²) in [5.41, 5.74) is 0. The van der Waals surface area contributed by atoms with Crippen LogP contribution < -0.4 is 4.72 Å². The zero-order valence-corrected chi connectivity index (χ0v) is 10.6. The molecule has 0 saturated carbocycles. The monoisotopic (exact) mass is 274 g/mol. The van der Waals surface area contributed by atoms with Crippen molar-refractivity contribution in [2.75, 3.05) is 13.7 Å². The quantitative estimate of drug-likeness (QED) is 0.716. The molecule has 0 spiro atoms. The van der Waals surface area contributed by atoms with Gasteiger partial charge in [-0.3, -0.25) is 9.78 Å². The van der Waals surface area contributed by atoms with Crippen LogP contribution in [0.15, 0.2) is 29.4 Å². The molecule has 2 N–H and O–H groups in total. The van der Waals surface area contributed by atoms with Crippen molar-refractivity contribution in [1.29, 1.82) is 0 Å². The topological polar surface area (TPSA) is 106 Å². The molecule has 1 unspecified atom stereocenters. The van der Waals surface area contributed by atoms with Crippen LogP contribution >= 0.6 is 0 Å². The third-order valence-corrected chi connectivity index (χ3v) is 3.59. The molecule has 18 heavy (non-hydrogen) atoms. The van der Waals surface area contributed by atoms with E-state index in [9.17, 15) is 13.2 Å². The Kier molecular flexibility index (Phi) is 5.20. The fraction of sp³-hybridized carbons (Fsp3) is 0.400. The Morgan fingerprint density at radius 2 is 2.33 bits per heavy atom. The van der Waals surface area contributed by atoms with Crippen molar-refractivity contribution < 1.29 is 23.1 Å². The number of hydrogen-bond donors (Lipinski definition) is 2. The number of nitrogens with one attached hydrogen (secondary N) is 1. The lowest BCUT2D eigenvalue weighted by molar-refractivity contribution is -0.139. The van der Waals surface area contributed by atoms with Gasteiger partial charge in [-0.15, -0.1) is 0 Å². The number of hydrogen-bond acceptors (Lipinski definition) is 5. The third kappa shape index (κ3) is 4.40. The van der Waals surface area contributed by atoms with Crippen LogP contribution in [-0.2, 0) is 19.6 Å². The van der Waals surface area contributed by atoms with Crippen LogP contribution in [0.3, 0.4) is 0 Å².